The molecule has 2 aromatic rings. The van der Waals surface area contributed by atoms with Crippen LogP contribution in [0.2, 0.25) is 0 Å². The number of amides is 1. The summed E-state index contributed by atoms with van der Waals surface area (Å²) in [5, 5.41) is 3.72. The Bertz CT molecular complexity index is 733. The Hall–Kier alpha value is -2.25. The van der Waals surface area contributed by atoms with Crippen LogP contribution in [0.15, 0.2) is 35.1 Å². The van der Waals surface area contributed by atoms with Crippen molar-refractivity contribution in [2.45, 2.75) is 44.6 Å². The molecule has 3 atom stereocenters. The number of hydrogen-bond donors (Lipinski definition) is 0. The average molecular weight is 343 g/mol. The summed E-state index contributed by atoms with van der Waals surface area (Å²) in [6.07, 6.45) is 4.85. The fraction of sp³-hybridized carbons (Fsp3) is 0.500. The second-order valence-corrected chi connectivity index (χ2v) is 6.47. The van der Waals surface area contributed by atoms with Gasteiger partial charge in [0, 0.05) is 12.8 Å². The molecule has 0 spiro atoms. The maximum Gasteiger partial charge on any atom is 0.259 e. The van der Waals surface area contributed by atoms with Crippen molar-refractivity contribution >= 4 is 5.91 Å². The molecule has 0 aromatic carbocycles. The summed E-state index contributed by atoms with van der Waals surface area (Å²) in [5.41, 5.74) is 1.38. The van der Waals surface area contributed by atoms with Crippen molar-refractivity contribution in [3.8, 4) is 0 Å². The average Bonchev–Trinajstić information content (AvgIpc) is 3.24. The van der Waals surface area contributed by atoms with Crippen LogP contribution in [0.25, 0.3) is 0 Å². The molecule has 2 saturated heterocycles. The van der Waals surface area contributed by atoms with Gasteiger partial charge in [-0.25, -0.2) is 0 Å². The third kappa shape index (κ3) is 3.17. The minimum absolute atomic E-state index is 0.0317. The van der Waals surface area contributed by atoms with E-state index in [0.717, 1.165) is 18.5 Å². The lowest BCUT2D eigenvalue weighted by atomic mass is 10.0. The number of ether oxygens (including phenoxy) is 2. The Morgan fingerprint density at radius 3 is 3.12 bits per heavy atom. The van der Waals surface area contributed by atoms with E-state index in [0.29, 0.717) is 31.1 Å². The van der Waals surface area contributed by atoms with Gasteiger partial charge in [-0.3, -0.25) is 9.78 Å². The molecule has 4 heterocycles. The molecule has 25 heavy (non-hydrogen) atoms. The molecule has 0 saturated carbocycles. The number of aryl methyl sites for hydroxylation is 1. The fourth-order valence-electron chi connectivity index (χ4n) is 3.62. The highest BCUT2D eigenvalue weighted by Crippen LogP contribution is 2.32. The van der Waals surface area contributed by atoms with Crippen molar-refractivity contribution in [2.24, 2.45) is 0 Å². The number of aromatic nitrogens is 2. The predicted octanol–water partition coefficient (Wildman–Crippen LogP) is 1.97. The van der Waals surface area contributed by atoms with Gasteiger partial charge < -0.3 is 18.9 Å². The van der Waals surface area contributed by atoms with Crippen LogP contribution in [0.4, 0.5) is 0 Å². The highest BCUT2D eigenvalue weighted by atomic mass is 16.5. The van der Waals surface area contributed by atoms with Crippen LogP contribution in [-0.2, 0) is 16.1 Å². The van der Waals surface area contributed by atoms with Crippen molar-refractivity contribution in [2.75, 3.05) is 13.2 Å². The molecule has 0 bridgehead atoms. The summed E-state index contributed by atoms with van der Waals surface area (Å²) in [6.45, 7) is 3.37. The van der Waals surface area contributed by atoms with Crippen LogP contribution in [-0.4, -0.2) is 52.3 Å². The number of hydrogen-bond acceptors (Lipinski definition) is 6. The van der Waals surface area contributed by atoms with Crippen LogP contribution >= 0.6 is 0 Å². The topological polar surface area (TPSA) is 77.7 Å². The van der Waals surface area contributed by atoms with Gasteiger partial charge in [0.1, 0.15) is 23.5 Å². The zero-order chi connectivity index (χ0) is 17.2. The maximum atomic E-state index is 12.9. The minimum atomic E-state index is -0.156. The standard InChI is InChI=1S/C18H21N3O4/c1-12-14(9-20-25-12)18(22)21-10-16(17-15(21)6-4-8-23-17)24-11-13-5-2-3-7-19-13/h2-3,5,7,9,15-17H,4,6,8,10-11H2,1H3/t15-,16+,17+/m1/s1. The summed E-state index contributed by atoms with van der Waals surface area (Å²) in [5.74, 6) is 0.472. The van der Waals surface area contributed by atoms with Gasteiger partial charge in [-0.1, -0.05) is 11.2 Å². The Morgan fingerprint density at radius 2 is 2.36 bits per heavy atom. The van der Waals surface area contributed by atoms with E-state index in [9.17, 15) is 4.79 Å². The van der Waals surface area contributed by atoms with Crippen molar-refractivity contribution in [3.63, 3.8) is 0 Å². The quantitative estimate of drug-likeness (QED) is 0.845. The number of pyridine rings is 1. The largest absolute Gasteiger partial charge is 0.373 e. The molecule has 0 N–H and O–H groups in total. The van der Waals surface area contributed by atoms with E-state index in [-0.39, 0.29) is 24.2 Å². The summed E-state index contributed by atoms with van der Waals surface area (Å²) >= 11 is 0. The molecule has 0 unspecified atom stereocenters. The molecule has 2 aliphatic rings. The van der Waals surface area contributed by atoms with Gasteiger partial charge in [-0.05, 0) is 31.9 Å². The molecule has 2 aromatic heterocycles. The van der Waals surface area contributed by atoms with Crippen molar-refractivity contribution in [3.05, 3.63) is 47.6 Å². The van der Waals surface area contributed by atoms with E-state index >= 15 is 0 Å². The minimum Gasteiger partial charge on any atom is -0.373 e. The van der Waals surface area contributed by atoms with Crippen molar-refractivity contribution < 1.29 is 18.8 Å². The van der Waals surface area contributed by atoms with E-state index in [4.69, 9.17) is 14.0 Å². The Labute approximate surface area is 145 Å². The maximum absolute atomic E-state index is 12.9. The number of nitrogens with zero attached hydrogens (tertiary/aromatic N) is 3. The number of rotatable bonds is 4. The number of likely N-dealkylation sites (tertiary alicyclic amines) is 1. The molecule has 7 nitrogen and oxygen atoms in total. The zero-order valence-corrected chi connectivity index (χ0v) is 14.1. The van der Waals surface area contributed by atoms with Crippen LogP contribution in [0.5, 0.6) is 0 Å². The third-order valence-electron chi connectivity index (χ3n) is 4.89. The van der Waals surface area contributed by atoms with Gasteiger partial charge in [-0.2, -0.15) is 0 Å². The Morgan fingerprint density at radius 1 is 1.44 bits per heavy atom. The van der Waals surface area contributed by atoms with Gasteiger partial charge in [0.15, 0.2) is 0 Å². The van der Waals surface area contributed by atoms with Gasteiger partial charge in [0.05, 0.1) is 31.1 Å². The molecular formula is C18H21N3O4. The second kappa shape index (κ2) is 6.93. The first kappa shape index (κ1) is 16.2. The van der Waals surface area contributed by atoms with E-state index in [1.807, 2.05) is 23.1 Å². The fourth-order valence-corrected chi connectivity index (χ4v) is 3.62. The van der Waals surface area contributed by atoms with Crippen LogP contribution in [0.3, 0.4) is 0 Å². The van der Waals surface area contributed by atoms with Gasteiger partial charge in [-0.15, -0.1) is 0 Å². The van der Waals surface area contributed by atoms with Crippen molar-refractivity contribution in [1.82, 2.24) is 15.0 Å². The van der Waals surface area contributed by atoms with Gasteiger partial charge in [0.2, 0.25) is 0 Å². The smallest absolute Gasteiger partial charge is 0.259 e. The van der Waals surface area contributed by atoms with Crippen LogP contribution in [0.1, 0.15) is 34.7 Å². The molecule has 0 aliphatic carbocycles. The van der Waals surface area contributed by atoms with Crippen molar-refractivity contribution in [1.29, 1.82) is 0 Å². The molecular weight excluding hydrogens is 322 g/mol. The number of carbonyl (C=O) groups is 1. The van der Waals surface area contributed by atoms with E-state index in [1.165, 1.54) is 6.20 Å². The lowest BCUT2D eigenvalue weighted by Crippen LogP contribution is -2.43. The highest BCUT2D eigenvalue weighted by Gasteiger charge is 2.47. The first-order valence-electron chi connectivity index (χ1n) is 8.59. The SMILES string of the molecule is Cc1oncc1C(=O)N1C[C@H](OCc2ccccn2)[C@H]2OCCC[C@H]21. The second-order valence-electron chi connectivity index (χ2n) is 6.47. The monoisotopic (exact) mass is 343 g/mol. The molecule has 1 amide bonds. The lowest BCUT2D eigenvalue weighted by molar-refractivity contribution is -0.0814. The summed E-state index contributed by atoms with van der Waals surface area (Å²) < 4.78 is 17.1. The first-order valence-corrected chi connectivity index (χ1v) is 8.59. The molecule has 132 valence electrons. The predicted molar refractivity (Wildman–Crippen MR) is 87.9 cm³/mol. The lowest BCUT2D eigenvalue weighted by Gasteiger charge is -2.32. The van der Waals surface area contributed by atoms with E-state index in [2.05, 4.69) is 10.1 Å². The Kier molecular flexibility index (Phi) is 4.50. The third-order valence-corrected chi connectivity index (χ3v) is 4.89. The molecule has 4 rings (SSSR count). The number of fused-ring (bicyclic) bond motifs is 1. The van der Waals surface area contributed by atoms with Crippen LogP contribution in [0, 0.1) is 6.92 Å². The Balaban J connectivity index is 1.49. The van der Waals surface area contributed by atoms with Gasteiger partial charge in [0.25, 0.3) is 5.91 Å². The molecule has 0 radical (unpaired) electrons. The molecule has 2 aliphatic heterocycles. The number of carbonyl (C=O) groups excluding carboxylic acids is 1. The van der Waals surface area contributed by atoms with E-state index in [1.54, 1.807) is 13.1 Å². The normalized spacial score (nSPS) is 25.8. The van der Waals surface area contributed by atoms with Crippen LogP contribution < -0.4 is 0 Å². The molecule has 7 heteroatoms. The molecule has 2 fully saturated rings. The highest BCUT2D eigenvalue weighted by molar-refractivity contribution is 5.95. The first-order chi connectivity index (χ1) is 12.2. The summed E-state index contributed by atoms with van der Waals surface area (Å²) in [4.78, 5) is 19.0. The van der Waals surface area contributed by atoms with Gasteiger partial charge >= 0.3 is 0 Å². The summed E-state index contributed by atoms with van der Waals surface area (Å²) in [7, 11) is 0. The zero-order valence-electron chi connectivity index (χ0n) is 14.1. The van der Waals surface area contributed by atoms with E-state index < -0.39 is 0 Å². The summed E-state index contributed by atoms with van der Waals surface area (Å²) in [6, 6.07) is 5.77.